The van der Waals surface area contributed by atoms with Crippen molar-refractivity contribution in [1.82, 2.24) is 29.5 Å². The maximum Gasteiger partial charge on any atom is 0.326 e. The fourth-order valence-corrected chi connectivity index (χ4v) is 5.90. The van der Waals surface area contributed by atoms with Crippen LogP contribution in [0.25, 0.3) is 27.6 Å². The molecule has 1 aliphatic carbocycles. The van der Waals surface area contributed by atoms with E-state index < -0.39 is 0 Å². The van der Waals surface area contributed by atoms with Gasteiger partial charge < -0.3 is 25.7 Å². The first-order valence-electron chi connectivity index (χ1n) is 11.6. The average molecular weight is 474 g/mol. The minimum atomic E-state index is -0.330. The van der Waals surface area contributed by atoms with Gasteiger partial charge in [-0.1, -0.05) is 0 Å². The van der Waals surface area contributed by atoms with E-state index in [0.29, 0.717) is 34.5 Å². The van der Waals surface area contributed by atoms with Crippen molar-refractivity contribution in [2.45, 2.75) is 31.3 Å². The number of ether oxygens (including phenoxy) is 1. The standard InChI is InChI=1S/C24H24FN9O/c1-24-7-12(16(26)8-24)10-33(24)22-19-15-5-13(25)6-17(27-2)20(15)30-21(19)31-23(32-22)35-14-9-28-18-3-4-29-34(18)11-14/h3-6,9,11-12,16,27H,7-8,10,26H2,1-2H3,(H,30,31,32)/t12-,16-,24?/m1/s1. The largest absolute Gasteiger partial charge is 0.421 e. The van der Waals surface area contributed by atoms with Crippen molar-refractivity contribution in [3.63, 3.8) is 0 Å². The molecule has 1 aliphatic heterocycles. The second kappa shape index (κ2) is 7.01. The Kier molecular flexibility index (Phi) is 4.09. The molecule has 10 nitrogen and oxygen atoms in total. The number of fused-ring (bicyclic) bond motifs is 6. The van der Waals surface area contributed by atoms with Crippen LogP contribution in [0.4, 0.5) is 15.9 Å². The highest BCUT2D eigenvalue weighted by Gasteiger charge is 2.52. The summed E-state index contributed by atoms with van der Waals surface area (Å²) in [5, 5.41) is 8.78. The van der Waals surface area contributed by atoms with Crippen molar-refractivity contribution in [2.75, 3.05) is 23.8 Å². The molecule has 0 radical (unpaired) electrons. The number of anilines is 2. The van der Waals surface area contributed by atoms with Crippen molar-refractivity contribution < 1.29 is 9.13 Å². The first kappa shape index (κ1) is 20.4. The lowest BCUT2D eigenvalue weighted by molar-refractivity contribution is 0.408. The number of rotatable bonds is 4. The lowest BCUT2D eigenvalue weighted by atomic mass is 9.97. The first-order chi connectivity index (χ1) is 16.9. The normalized spacial score (nSPS) is 23.7. The van der Waals surface area contributed by atoms with E-state index in [1.165, 1.54) is 12.1 Å². The van der Waals surface area contributed by atoms with Gasteiger partial charge in [-0.3, -0.25) is 0 Å². The number of halogens is 1. The number of aromatic nitrogens is 6. The number of hydrogen-bond acceptors (Lipinski definition) is 8. The fourth-order valence-electron chi connectivity index (χ4n) is 5.90. The summed E-state index contributed by atoms with van der Waals surface area (Å²) in [6, 6.07) is 5.15. The molecule has 178 valence electrons. The summed E-state index contributed by atoms with van der Waals surface area (Å²) < 4.78 is 22.3. The minimum Gasteiger partial charge on any atom is -0.421 e. The molecule has 7 rings (SSSR count). The van der Waals surface area contributed by atoms with Crippen molar-refractivity contribution >= 4 is 39.1 Å². The summed E-state index contributed by atoms with van der Waals surface area (Å²) in [7, 11) is 1.77. The molecule has 1 unspecified atom stereocenters. The van der Waals surface area contributed by atoms with Crippen LogP contribution in [0.3, 0.4) is 0 Å². The van der Waals surface area contributed by atoms with Gasteiger partial charge in [0.05, 0.1) is 35.2 Å². The fraction of sp³-hybridized carbons (Fsp3) is 0.333. The monoisotopic (exact) mass is 473 g/mol. The molecule has 1 aromatic carbocycles. The molecule has 0 amide bonds. The van der Waals surface area contributed by atoms with Crippen LogP contribution in [-0.2, 0) is 0 Å². The summed E-state index contributed by atoms with van der Waals surface area (Å²) in [6.07, 6.45) is 6.88. The topological polar surface area (TPSA) is 122 Å². The van der Waals surface area contributed by atoms with E-state index in [1.54, 1.807) is 36.2 Å². The number of nitrogens with two attached hydrogens (primary N) is 1. The Balaban J connectivity index is 1.43. The van der Waals surface area contributed by atoms with Gasteiger partial charge in [-0.15, -0.1) is 0 Å². The molecular weight excluding hydrogens is 449 g/mol. The zero-order valence-electron chi connectivity index (χ0n) is 19.3. The molecule has 2 fully saturated rings. The lowest BCUT2D eigenvalue weighted by Crippen LogP contribution is -2.48. The van der Waals surface area contributed by atoms with Gasteiger partial charge in [-0.25, -0.2) is 13.9 Å². The molecule has 1 saturated carbocycles. The Morgan fingerprint density at radius 2 is 2.17 bits per heavy atom. The van der Waals surface area contributed by atoms with Gasteiger partial charge in [-0.05, 0) is 37.8 Å². The summed E-state index contributed by atoms with van der Waals surface area (Å²) in [6.45, 7) is 3.00. The maximum atomic E-state index is 14.6. The number of aromatic amines is 1. The SMILES string of the molecule is CNc1cc(F)cc2c1[nH]c1nc(Oc3cnc4ccnn4c3)nc(N3C[C@H]4CC3(C)C[C@H]4N)c12. The van der Waals surface area contributed by atoms with Crippen LogP contribution >= 0.6 is 0 Å². The smallest absolute Gasteiger partial charge is 0.326 e. The Bertz CT molecular complexity index is 1620. The predicted molar refractivity (Wildman–Crippen MR) is 130 cm³/mol. The molecule has 2 bridgehead atoms. The highest BCUT2D eigenvalue weighted by Crippen LogP contribution is 2.49. The number of hydrogen-bond donors (Lipinski definition) is 3. The summed E-state index contributed by atoms with van der Waals surface area (Å²) in [5.74, 6) is 1.23. The van der Waals surface area contributed by atoms with Crippen molar-refractivity contribution in [1.29, 1.82) is 0 Å². The molecule has 0 spiro atoms. The van der Waals surface area contributed by atoms with Gasteiger partial charge in [0, 0.05) is 36.6 Å². The van der Waals surface area contributed by atoms with Gasteiger partial charge in [0.2, 0.25) is 0 Å². The average Bonchev–Trinajstić information content (AvgIpc) is 3.57. The van der Waals surface area contributed by atoms with Gasteiger partial charge in [-0.2, -0.15) is 15.1 Å². The van der Waals surface area contributed by atoms with Crippen molar-refractivity contribution in [3.8, 4) is 11.8 Å². The van der Waals surface area contributed by atoms with Gasteiger partial charge in [0.1, 0.15) is 17.3 Å². The van der Waals surface area contributed by atoms with Crippen LogP contribution in [-0.4, -0.2) is 54.7 Å². The molecule has 5 aromatic rings. The highest BCUT2D eigenvalue weighted by molar-refractivity contribution is 6.14. The number of H-pyrrole nitrogens is 1. The third kappa shape index (κ3) is 2.97. The van der Waals surface area contributed by atoms with Crippen LogP contribution < -0.4 is 20.7 Å². The third-order valence-electron chi connectivity index (χ3n) is 7.49. The van der Waals surface area contributed by atoms with Crippen LogP contribution in [0.5, 0.6) is 11.8 Å². The molecular formula is C24H24FN9O. The van der Waals surface area contributed by atoms with E-state index in [-0.39, 0.29) is 23.4 Å². The summed E-state index contributed by atoms with van der Waals surface area (Å²) >= 11 is 0. The first-order valence-corrected chi connectivity index (χ1v) is 11.6. The van der Waals surface area contributed by atoms with E-state index in [1.807, 2.05) is 0 Å². The van der Waals surface area contributed by atoms with Gasteiger partial charge >= 0.3 is 6.01 Å². The number of nitrogens with zero attached hydrogens (tertiary/aromatic N) is 6. The Labute approximate surface area is 199 Å². The Hall–Kier alpha value is -3.99. The zero-order chi connectivity index (χ0) is 23.9. The molecule has 5 heterocycles. The van der Waals surface area contributed by atoms with Gasteiger partial charge in [0.15, 0.2) is 11.4 Å². The van der Waals surface area contributed by atoms with Crippen LogP contribution in [0.2, 0.25) is 0 Å². The van der Waals surface area contributed by atoms with Crippen molar-refractivity contribution in [2.24, 2.45) is 11.7 Å². The van der Waals surface area contributed by atoms with Crippen molar-refractivity contribution in [3.05, 3.63) is 42.6 Å². The van der Waals surface area contributed by atoms with Crippen LogP contribution in [0.1, 0.15) is 19.8 Å². The minimum absolute atomic E-state index is 0.138. The molecule has 11 heteroatoms. The number of benzene rings is 1. The van der Waals surface area contributed by atoms with E-state index in [9.17, 15) is 4.39 Å². The van der Waals surface area contributed by atoms with Gasteiger partial charge in [0.25, 0.3) is 0 Å². The van der Waals surface area contributed by atoms with Crippen LogP contribution in [0.15, 0.2) is 36.8 Å². The molecule has 4 aromatic heterocycles. The summed E-state index contributed by atoms with van der Waals surface area (Å²) in [4.78, 5) is 19.5. The second-order valence-electron chi connectivity index (χ2n) is 9.77. The van der Waals surface area contributed by atoms with E-state index >= 15 is 0 Å². The van der Waals surface area contributed by atoms with E-state index in [4.69, 9.17) is 15.5 Å². The van der Waals surface area contributed by atoms with E-state index in [0.717, 1.165) is 35.7 Å². The molecule has 3 atom stereocenters. The maximum absolute atomic E-state index is 14.6. The third-order valence-corrected chi connectivity index (χ3v) is 7.49. The highest BCUT2D eigenvalue weighted by atomic mass is 19.1. The molecule has 35 heavy (non-hydrogen) atoms. The molecule has 4 N–H and O–H groups in total. The predicted octanol–water partition coefficient (Wildman–Crippen LogP) is 3.44. The zero-order valence-corrected chi connectivity index (χ0v) is 19.3. The second-order valence-corrected chi connectivity index (χ2v) is 9.77. The lowest BCUT2D eigenvalue weighted by Gasteiger charge is -2.39. The number of nitrogens with one attached hydrogen (secondary N) is 2. The Morgan fingerprint density at radius 3 is 2.94 bits per heavy atom. The number of piperidine rings is 1. The molecule has 1 saturated heterocycles. The molecule has 2 aliphatic rings. The summed E-state index contributed by atoms with van der Waals surface area (Å²) in [5.41, 5.74) is 8.96. The quantitative estimate of drug-likeness (QED) is 0.363. The van der Waals surface area contributed by atoms with E-state index in [2.05, 4.69) is 37.2 Å². The van der Waals surface area contributed by atoms with Crippen LogP contribution in [0, 0.1) is 11.7 Å². The Morgan fingerprint density at radius 1 is 1.29 bits per heavy atom.